The number of amides is 2. The molecule has 1 heterocycles. The lowest BCUT2D eigenvalue weighted by atomic mass is 10.1. The molecule has 2 amide bonds. The highest BCUT2D eigenvalue weighted by molar-refractivity contribution is 5.89. The monoisotopic (exact) mass is 317 g/mol. The van der Waals surface area contributed by atoms with Gasteiger partial charge in [-0.3, -0.25) is 9.59 Å². The summed E-state index contributed by atoms with van der Waals surface area (Å²) in [5, 5.41) is 2.95. The van der Waals surface area contributed by atoms with E-state index in [-0.39, 0.29) is 17.7 Å². The second-order valence-electron chi connectivity index (χ2n) is 6.42. The number of likely N-dealkylation sites (tertiary alicyclic amines) is 1. The van der Waals surface area contributed by atoms with Crippen molar-refractivity contribution in [2.75, 3.05) is 40.3 Å². The van der Waals surface area contributed by atoms with E-state index in [4.69, 9.17) is 0 Å². The normalized spacial score (nSPS) is 17.8. The Bertz CT molecular complexity index is 516. The van der Waals surface area contributed by atoms with Crippen LogP contribution in [0.2, 0.25) is 0 Å². The molecular weight excluding hydrogens is 290 g/mol. The summed E-state index contributed by atoms with van der Waals surface area (Å²) < 4.78 is 0. The maximum Gasteiger partial charge on any atom is 0.225 e. The van der Waals surface area contributed by atoms with Gasteiger partial charge < -0.3 is 15.1 Å². The molecule has 1 aliphatic heterocycles. The number of nitrogens with one attached hydrogen (secondary N) is 1. The summed E-state index contributed by atoms with van der Waals surface area (Å²) in [5.74, 6) is -0.0914. The molecule has 0 radical (unpaired) electrons. The van der Waals surface area contributed by atoms with Crippen LogP contribution in [0, 0.1) is 5.92 Å². The molecule has 5 heteroatoms. The third kappa shape index (κ3) is 5.67. The van der Waals surface area contributed by atoms with E-state index in [0.717, 1.165) is 19.4 Å². The number of carbonyl (C=O) groups excluding carboxylic acids is 2. The molecule has 1 aliphatic rings. The van der Waals surface area contributed by atoms with E-state index >= 15 is 0 Å². The summed E-state index contributed by atoms with van der Waals surface area (Å²) in [6, 6.07) is 10.1. The van der Waals surface area contributed by atoms with Crippen LogP contribution >= 0.6 is 0 Å². The summed E-state index contributed by atoms with van der Waals surface area (Å²) in [7, 11) is 4.03. The van der Waals surface area contributed by atoms with E-state index in [9.17, 15) is 9.59 Å². The first-order valence-corrected chi connectivity index (χ1v) is 8.30. The second-order valence-corrected chi connectivity index (χ2v) is 6.42. The van der Waals surface area contributed by atoms with Crippen molar-refractivity contribution in [1.29, 1.82) is 0 Å². The molecule has 0 spiro atoms. The third-order valence-corrected chi connectivity index (χ3v) is 4.18. The SMILES string of the molecule is CN(C)CCCNC(=O)C1CC(=O)N(CCc2ccccc2)C1. The molecular formula is C18H27N3O2. The molecule has 0 bridgehead atoms. The zero-order valence-electron chi connectivity index (χ0n) is 14.1. The van der Waals surface area contributed by atoms with Gasteiger partial charge >= 0.3 is 0 Å². The van der Waals surface area contributed by atoms with Gasteiger partial charge in [-0.15, -0.1) is 0 Å². The first-order chi connectivity index (χ1) is 11.1. The highest BCUT2D eigenvalue weighted by Gasteiger charge is 2.33. The van der Waals surface area contributed by atoms with Crippen molar-refractivity contribution < 1.29 is 9.59 Å². The Labute approximate surface area is 138 Å². The van der Waals surface area contributed by atoms with E-state index in [0.29, 0.717) is 26.1 Å². The largest absolute Gasteiger partial charge is 0.356 e. The molecule has 126 valence electrons. The number of carbonyl (C=O) groups is 2. The van der Waals surface area contributed by atoms with Gasteiger partial charge in [-0.1, -0.05) is 30.3 Å². The molecule has 23 heavy (non-hydrogen) atoms. The summed E-state index contributed by atoms with van der Waals surface area (Å²) in [4.78, 5) is 28.1. The average Bonchev–Trinajstić information content (AvgIpc) is 2.91. The van der Waals surface area contributed by atoms with Gasteiger partial charge in [-0.05, 0) is 39.0 Å². The quantitative estimate of drug-likeness (QED) is 0.732. The molecule has 0 aromatic heterocycles. The van der Waals surface area contributed by atoms with Gasteiger partial charge in [0.2, 0.25) is 11.8 Å². The lowest BCUT2D eigenvalue weighted by Gasteiger charge is -2.16. The Morgan fingerprint density at radius 3 is 2.74 bits per heavy atom. The van der Waals surface area contributed by atoms with Gasteiger partial charge in [-0.25, -0.2) is 0 Å². The highest BCUT2D eigenvalue weighted by Crippen LogP contribution is 2.18. The van der Waals surface area contributed by atoms with Gasteiger partial charge in [0.1, 0.15) is 0 Å². The zero-order chi connectivity index (χ0) is 16.7. The summed E-state index contributed by atoms with van der Waals surface area (Å²) in [6.45, 7) is 2.86. The van der Waals surface area contributed by atoms with E-state index in [1.54, 1.807) is 0 Å². The van der Waals surface area contributed by atoms with Crippen LogP contribution in [0.25, 0.3) is 0 Å². The van der Waals surface area contributed by atoms with Crippen molar-refractivity contribution in [3.05, 3.63) is 35.9 Å². The molecule has 1 aromatic carbocycles. The Kier molecular flexibility index (Phi) is 6.59. The molecule has 1 fully saturated rings. The zero-order valence-corrected chi connectivity index (χ0v) is 14.1. The molecule has 1 unspecified atom stereocenters. The van der Waals surface area contributed by atoms with Crippen molar-refractivity contribution in [3.8, 4) is 0 Å². The van der Waals surface area contributed by atoms with Gasteiger partial charge in [0.05, 0.1) is 5.92 Å². The third-order valence-electron chi connectivity index (χ3n) is 4.18. The van der Waals surface area contributed by atoms with Crippen LogP contribution in [0.15, 0.2) is 30.3 Å². The van der Waals surface area contributed by atoms with Gasteiger partial charge in [0.25, 0.3) is 0 Å². The first kappa shape index (κ1) is 17.5. The van der Waals surface area contributed by atoms with E-state index in [2.05, 4.69) is 22.3 Å². The van der Waals surface area contributed by atoms with Crippen LogP contribution < -0.4 is 5.32 Å². The van der Waals surface area contributed by atoms with Crippen molar-refractivity contribution in [2.24, 2.45) is 5.92 Å². The van der Waals surface area contributed by atoms with Gasteiger partial charge in [0.15, 0.2) is 0 Å². The minimum absolute atomic E-state index is 0.0133. The second kappa shape index (κ2) is 8.67. The fraction of sp³-hybridized carbons (Fsp3) is 0.556. The molecule has 0 aliphatic carbocycles. The number of nitrogens with zero attached hydrogens (tertiary/aromatic N) is 2. The topological polar surface area (TPSA) is 52.7 Å². The minimum atomic E-state index is -0.197. The molecule has 1 aromatic rings. The van der Waals surface area contributed by atoms with Crippen LogP contribution in [0.1, 0.15) is 18.4 Å². The average molecular weight is 317 g/mol. The lowest BCUT2D eigenvalue weighted by molar-refractivity contribution is -0.129. The molecule has 5 nitrogen and oxygen atoms in total. The fourth-order valence-corrected chi connectivity index (χ4v) is 2.82. The van der Waals surface area contributed by atoms with E-state index in [1.165, 1.54) is 5.56 Å². The first-order valence-electron chi connectivity index (χ1n) is 8.30. The maximum atomic E-state index is 12.2. The maximum absolute atomic E-state index is 12.2. The Morgan fingerprint density at radius 1 is 1.30 bits per heavy atom. The van der Waals surface area contributed by atoms with Crippen LogP contribution in [-0.2, 0) is 16.0 Å². The Hall–Kier alpha value is -1.88. The van der Waals surface area contributed by atoms with Crippen molar-refractivity contribution in [3.63, 3.8) is 0 Å². The molecule has 1 N–H and O–H groups in total. The van der Waals surface area contributed by atoms with Gasteiger partial charge in [-0.2, -0.15) is 0 Å². The van der Waals surface area contributed by atoms with Crippen molar-refractivity contribution >= 4 is 11.8 Å². The summed E-state index contributed by atoms with van der Waals surface area (Å²) in [6.07, 6.45) is 2.11. The Balaban J connectivity index is 1.72. The Morgan fingerprint density at radius 2 is 2.04 bits per heavy atom. The lowest BCUT2D eigenvalue weighted by Crippen LogP contribution is -2.34. The number of hydrogen-bond acceptors (Lipinski definition) is 3. The minimum Gasteiger partial charge on any atom is -0.356 e. The molecule has 0 saturated carbocycles. The summed E-state index contributed by atoms with van der Waals surface area (Å²) >= 11 is 0. The number of benzene rings is 1. The van der Waals surface area contributed by atoms with Crippen LogP contribution in [0.4, 0.5) is 0 Å². The van der Waals surface area contributed by atoms with E-state index in [1.807, 2.05) is 37.2 Å². The van der Waals surface area contributed by atoms with Crippen molar-refractivity contribution in [1.82, 2.24) is 15.1 Å². The predicted molar refractivity (Wildman–Crippen MR) is 91.0 cm³/mol. The fourth-order valence-electron chi connectivity index (χ4n) is 2.82. The highest BCUT2D eigenvalue weighted by atomic mass is 16.2. The summed E-state index contributed by atoms with van der Waals surface area (Å²) in [5.41, 5.74) is 1.22. The predicted octanol–water partition coefficient (Wildman–Crippen LogP) is 1.15. The molecule has 1 saturated heterocycles. The number of hydrogen-bond donors (Lipinski definition) is 1. The van der Waals surface area contributed by atoms with E-state index < -0.39 is 0 Å². The van der Waals surface area contributed by atoms with Crippen molar-refractivity contribution in [2.45, 2.75) is 19.3 Å². The van der Waals surface area contributed by atoms with Crippen LogP contribution in [-0.4, -0.2) is 61.9 Å². The van der Waals surface area contributed by atoms with Crippen LogP contribution in [0.5, 0.6) is 0 Å². The standard InChI is InChI=1S/C18H27N3O2/c1-20(2)11-6-10-19-18(23)16-13-17(22)21(14-16)12-9-15-7-4-3-5-8-15/h3-5,7-8,16H,6,9-14H2,1-2H3,(H,19,23). The molecule has 1 atom stereocenters. The van der Waals surface area contributed by atoms with Crippen LogP contribution in [0.3, 0.4) is 0 Å². The number of rotatable bonds is 8. The van der Waals surface area contributed by atoms with Gasteiger partial charge in [0, 0.05) is 26.1 Å². The molecule has 2 rings (SSSR count). The smallest absolute Gasteiger partial charge is 0.225 e.